The number of hydrogen-bond acceptors (Lipinski definition) is 7. The number of amides is 1. The summed E-state index contributed by atoms with van der Waals surface area (Å²) in [7, 11) is 1.69. The predicted molar refractivity (Wildman–Crippen MR) is 133 cm³/mol. The van der Waals surface area contributed by atoms with Crippen molar-refractivity contribution in [1.29, 1.82) is 0 Å². The fourth-order valence-electron chi connectivity index (χ4n) is 3.88. The zero-order chi connectivity index (χ0) is 24.5. The van der Waals surface area contributed by atoms with Crippen LogP contribution in [0.5, 0.6) is 0 Å². The van der Waals surface area contributed by atoms with Crippen LogP contribution in [0.3, 0.4) is 0 Å². The summed E-state index contributed by atoms with van der Waals surface area (Å²) in [4.78, 5) is 42.5. The Balaban J connectivity index is 1.67. The number of imidazole rings is 1. The normalized spacial score (nSPS) is 12.4. The summed E-state index contributed by atoms with van der Waals surface area (Å²) >= 11 is 1.23. The van der Waals surface area contributed by atoms with Gasteiger partial charge in [0.1, 0.15) is 16.2 Å². The quantitative estimate of drug-likeness (QED) is 0.237. The van der Waals surface area contributed by atoms with Gasteiger partial charge in [-0.2, -0.15) is 0 Å². The molecule has 0 fully saturated rings. The van der Waals surface area contributed by atoms with Gasteiger partial charge >= 0.3 is 0 Å². The van der Waals surface area contributed by atoms with Crippen LogP contribution in [0.1, 0.15) is 23.0 Å². The number of carbonyl (C=O) groups excluding carboxylic acids is 1. The van der Waals surface area contributed by atoms with Crippen LogP contribution in [0.2, 0.25) is 0 Å². The molecule has 35 heavy (non-hydrogen) atoms. The van der Waals surface area contributed by atoms with E-state index >= 15 is 4.39 Å². The fraction of sp³-hybridized carbons (Fsp3) is 0.208. The number of aromatic nitrogens is 5. The molecule has 1 amide bonds. The molecule has 1 unspecified atom stereocenters. The van der Waals surface area contributed by atoms with Crippen LogP contribution in [-0.4, -0.2) is 49.2 Å². The van der Waals surface area contributed by atoms with Crippen LogP contribution in [0, 0.1) is 5.82 Å². The van der Waals surface area contributed by atoms with E-state index in [0.717, 1.165) is 16.7 Å². The molecule has 178 valence electrons. The van der Waals surface area contributed by atoms with Crippen LogP contribution in [0.25, 0.3) is 27.7 Å². The topological polar surface area (TPSA) is 117 Å². The fourth-order valence-corrected chi connectivity index (χ4v) is 4.73. The third-order valence-corrected chi connectivity index (χ3v) is 6.65. The number of rotatable bonds is 7. The van der Waals surface area contributed by atoms with Gasteiger partial charge in [0.15, 0.2) is 11.5 Å². The molecule has 4 heterocycles. The third kappa shape index (κ3) is 4.24. The molecule has 0 radical (unpaired) electrons. The van der Waals surface area contributed by atoms with E-state index in [0.29, 0.717) is 17.8 Å². The third-order valence-electron chi connectivity index (χ3n) is 5.69. The largest absolute Gasteiger partial charge is 0.339 e. The van der Waals surface area contributed by atoms with Crippen molar-refractivity contribution in [3.8, 4) is 0 Å². The van der Waals surface area contributed by atoms with E-state index in [9.17, 15) is 9.59 Å². The Bertz CT molecular complexity index is 1620. The smallest absolute Gasteiger partial charge is 0.260 e. The van der Waals surface area contributed by atoms with Gasteiger partial charge in [-0.25, -0.2) is 9.37 Å². The number of para-hydroxylation sites is 2. The number of aromatic amines is 1. The highest BCUT2D eigenvalue weighted by Gasteiger charge is 2.24. The molecule has 5 aromatic rings. The standard InChI is InChI=1S/C24H22FN7O2S/c1-13(26-2)29-23(34)19-20(33)15-11-16(25)24(35-10-7-14-12-27-8-9-28-14)31-21(15)32-18-6-4-3-5-17(18)30-22(19)32/h3-6,8-9,11-13,26,30H,7,10H2,1-2H3,(H,29,34). The van der Waals surface area contributed by atoms with E-state index in [-0.39, 0.29) is 27.8 Å². The number of aryl methyl sites for hydroxylation is 1. The molecule has 0 aliphatic heterocycles. The number of pyridine rings is 2. The first-order chi connectivity index (χ1) is 17.0. The molecule has 0 saturated carbocycles. The van der Waals surface area contributed by atoms with E-state index in [1.165, 1.54) is 17.8 Å². The zero-order valence-corrected chi connectivity index (χ0v) is 19.8. The minimum absolute atomic E-state index is 0.0327. The van der Waals surface area contributed by atoms with Gasteiger partial charge in [-0.3, -0.25) is 24.0 Å². The van der Waals surface area contributed by atoms with Crippen molar-refractivity contribution in [1.82, 2.24) is 35.0 Å². The highest BCUT2D eigenvalue weighted by atomic mass is 32.2. The maximum atomic E-state index is 15.1. The van der Waals surface area contributed by atoms with E-state index in [1.54, 1.807) is 37.0 Å². The highest BCUT2D eigenvalue weighted by molar-refractivity contribution is 7.99. The molecular formula is C24H22FN7O2S. The molecule has 1 aromatic carbocycles. The Morgan fingerprint density at radius 3 is 2.89 bits per heavy atom. The summed E-state index contributed by atoms with van der Waals surface area (Å²) in [5.74, 6) is -0.651. The lowest BCUT2D eigenvalue weighted by atomic mass is 10.1. The molecule has 11 heteroatoms. The van der Waals surface area contributed by atoms with Crippen molar-refractivity contribution in [2.75, 3.05) is 12.8 Å². The molecule has 5 rings (SSSR count). The average molecular weight is 492 g/mol. The van der Waals surface area contributed by atoms with Gasteiger partial charge in [0.05, 0.1) is 28.3 Å². The molecule has 1 atom stereocenters. The number of carbonyl (C=O) groups is 1. The SMILES string of the molecule is CNC(C)NC(=O)c1c(=O)c2cc(F)c(SCCc3cnccn3)nc2n2c1[nH]c1ccccc12. The van der Waals surface area contributed by atoms with Crippen LogP contribution >= 0.6 is 11.8 Å². The second-order valence-electron chi connectivity index (χ2n) is 7.96. The van der Waals surface area contributed by atoms with Crippen LogP contribution < -0.4 is 16.1 Å². The maximum absolute atomic E-state index is 15.1. The molecule has 3 N–H and O–H groups in total. The number of hydrogen-bond donors (Lipinski definition) is 3. The van der Waals surface area contributed by atoms with Crippen molar-refractivity contribution in [3.05, 3.63) is 76.2 Å². The van der Waals surface area contributed by atoms with E-state index < -0.39 is 17.2 Å². The molecule has 0 bridgehead atoms. The first-order valence-corrected chi connectivity index (χ1v) is 12.0. The molecular weight excluding hydrogens is 469 g/mol. The van der Waals surface area contributed by atoms with Crippen molar-refractivity contribution in [2.45, 2.75) is 24.5 Å². The number of nitrogens with one attached hydrogen (secondary N) is 3. The van der Waals surface area contributed by atoms with Crippen molar-refractivity contribution >= 4 is 45.4 Å². The number of fused-ring (bicyclic) bond motifs is 5. The summed E-state index contributed by atoms with van der Waals surface area (Å²) < 4.78 is 16.8. The summed E-state index contributed by atoms with van der Waals surface area (Å²) in [5.41, 5.74) is 2.14. The van der Waals surface area contributed by atoms with Crippen molar-refractivity contribution in [2.24, 2.45) is 0 Å². The molecule has 0 aliphatic rings. The zero-order valence-electron chi connectivity index (χ0n) is 19.0. The second-order valence-corrected chi connectivity index (χ2v) is 9.04. The van der Waals surface area contributed by atoms with E-state index in [2.05, 4.69) is 30.6 Å². The van der Waals surface area contributed by atoms with Crippen LogP contribution in [0.15, 0.2) is 58.7 Å². The minimum atomic E-state index is -0.617. The Morgan fingerprint density at radius 2 is 2.11 bits per heavy atom. The molecule has 0 saturated heterocycles. The lowest BCUT2D eigenvalue weighted by Gasteiger charge is -2.14. The first kappa shape index (κ1) is 22.9. The molecule has 9 nitrogen and oxygen atoms in total. The summed E-state index contributed by atoms with van der Waals surface area (Å²) in [6.45, 7) is 1.75. The Kier molecular flexibility index (Phi) is 6.18. The van der Waals surface area contributed by atoms with Gasteiger partial charge < -0.3 is 15.6 Å². The summed E-state index contributed by atoms with van der Waals surface area (Å²) in [6, 6.07) is 8.57. The molecule has 0 aliphatic carbocycles. The number of thioether (sulfide) groups is 1. The monoisotopic (exact) mass is 491 g/mol. The van der Waals surface area contributed by atoms with Crippen molar-refractivity contribution < 1.29 is 9.18 Å². The minimum Gasteiger partial charge on any atom is -0.339 e. The van der Waals surface area contributed by atoms with E-state index in [4.69, 9.17) is 0 Å². The Morgan fingerprint density at radius 1 is 1.29 bits per heavy atom. The van der Waals surface area contributed by atoms with Gasteiger partial charge in [0.2, 0.25) is 5.43 Å². The van der Waals surface area contributed by atoms with Gasteiger partial charge in [-0.1, -0.05) is 12.1 Å². The number of H-pyrrole nitrogens is 1. The maximum Gasteiger partial charge on any atom is 0.260 e. The van der Waals surface area contributed by atoms with Gasteiger partial charge in [-0.15, -0.1) is 11.8 Å². The number of benzene rings is 1. The Labute approximate surface area is 203 Å². The molecule has 0 spiro atoms. The predicted octanol–water partition coefficient (Wildman–Crippen LogP) is 2.89. The summed E-state index contributed by atoms with van der Waals surface area (Å²) in [5, 5.41) is 5.86. The van der Waals surface area contributed by atoms with Crippen LogP contribution in [0.4, 0.5) is 4.39 Å². The number of nitrogens with zero attached hydrogens (tertiary/aromatic N) is 4. The van der Waals surface area contributed by atoms with Gasteiger partial charge in [0, 0.05) is 30.8 Å². The van der Waals surface area contributed by atoms with Gasteiger partial charge in [-0.05, 0) is 32.2 Å². The lowest BCUT2D eigenvalue weighted by molar-refractivity contribution is 0.0935. The molecule has 4 aromatic heterocycles. The summed E-state index contributed by atoms with van der Waals surface area (Å²) in [6.07, 6.45) is 5.09. The van der Waals surface area contributed by atoms with Crippen molar-refractivity contribution in [3.63, 3.8) is 0 Å². The van der Waals surface area contributed by atoms with E-state index in [1.807, 2.05) is 24.3 Å². The van der Waals surface area contributed by atoms with Crippen LogP contribution in [-0.2, 0) is 6.42 Å². The van der Waals surface area contributed by atoms with Gasteiger partial charge in [0.25, 0.3) is 5.91 Å². The number of halogens is 1. The highest BCUT2D eigenvalue weighted by Crippen LogP contribution is 2.27. The first-order valence-electron chi connectivity index (χ1n) is 11.0. The Hall–Kier alpha value is -3.83. The average Bonchev–Trinajstić information content (AvgIpc) is 3.24. The lowest BCUT2D eigenvalue weighted by Crippen LogP contribution is -2.43. The second kappa shape index (κ2) is 9.43.